The molecule has 0 aromatic rings. The van der Waals surface area contributed by atoms with Gasteiger partial charge >= 0.3 is 0 Å². The Morgan fingerprint density at radius 1 is 1.43 bits per heavy atom. The number of hydrogen-bond acceptors (Lipinski definition) is 1. The van der Waals surface area contributed by atoms with Crippen molar-refractivity contribution in [2.24, 2.45) is 5.92 Å². The summed E-state index contributed by atoms with van der Waals surface area (Å²) < 4.78 is 0. The molecule has 0 aromatic heterocycles. The van der Waals surface area contributed by atoms with E-state index < -0.39 is 0 Å². The average Bonchev–Trinajstić information content (AvgIpc) is 1.38. The molecule has 0 aromatic carbocycles. The predicted octanol–water partition coefficient (Wildman–Crippen LogP) is 1.20. The minimum absolute atomic E-state index is 0. The molecule has 0 heterocycles. The molecule has 0 spiro atoms. The van der Waals surface area contributed by atoms with Crippen LogP contribution in [-0.2, 0) is 37.5 Å². The number of carbonyl (C=O) groups excluding carboxylic acids is 1. The zero-order chi connectivity index (χ0) is 4.28. The first kappa shape index (κ1) is 15.7. The second kappa shape index (κ2) is 9.91. The van der Waals surface area contributed by atoms with E-state index in [1.54, 1.807) is 20.1 Å². The largest absolute Gasteiger partial charge is 0.542 e. The van der Waals surface area contributed by atoms with E-state index in [9.17, 15) is 4.79 Å². The van der Waals surface area contributed by atoms with Gasteiger partial charge in [0.25, 0.3) is 0 Å². The maximum atomic E-state index is 9.38. The van der Waals surface area contributed by atoms with Crippen LogP contribution in [0, 0.1) is 13.3 Å². The molecule has 0 atom stereocenters. The van der Waals surface area contributed by atoms with Crippen molar-refractivity contribution >= 4 is 6.29 Å². The van der Waals surface area contributed by atoms with Crippen LogP contribution in [0.5, 0.6) is 0 Å². The fraction of sp³-hybridized carbons (Fsp3) is 0.600. The molecule has 0 aliphatic heterocycles. The number of hydrogen-bond donors (Lipinski definition) is 0. The van der Waals surface area contributed by atoms with E-state index in [0.29, 0.717) is 0 Å². The molecule has 1 nitrogen and oxygen atoms in total. The molecule has 41 valence electrons. The van der Waals surface area contributed by atoms with Crippen molar-refractivity contribution in [3.05, 3.63) is 7.43 Å². The predicted molar refractivity (Wildman–Crippen MR) is 26.9 cm³/mol. The summed E-state index contributed by atoms with van der Waals surface area (Å²) in [5, 5.41) is 0. The molecule has 7 heavy (non-hydrogen) atoms. The molecule has 0 saturated carbocycles. The van der Waals surface area contributed by atoms with Crippen LogP contribution in [0.1, 0.15) is 13.8 Å². The fourth-order valence-corrected chi connectivity index (χ4v) is 0. The van der Waals surface area contributed by atoms with Gasteiger partial charge in [-0.25, -0.2) is 0 Å². The van der Waals surface area contributed by atoms with E-state index in [1.165, 1.54) is 0 Å². The maximum Gasteiger partial charge on any atom is 0 e. The molecule has 0 amide bonds. The van der Waals surface area contributed by atoms with Crippen molar-refractivity contribution in [1.29, 1.82) is 0 Å². The monoisotopic (exact) mass is 175 g/mol. The third kappa shape index (κ3) is 20.1. The van der Waals surface area contributed by atoms with Crippen LogP contribution in [0.2, 0.25) is 0 Å². The fourth-order valence-electron chi connectivity index (χ4n) is 0. The minimum atomic E-state index is 0. The Morgan fingerprint density at radius 2 is 1.57 bits per heavy atom. The first-order valence-electron chi connectivity index (χ1n) is 1.65. The van der Waals surface area contributed by atoms with E-state index in [0.717, 1.165) is 0 Å². The Morgan fingerprint density at radius 3 is 1.57 bits per heavy atom. The summed E-state index contributed by atoms with van der Waals surface area (Å²) in [5.41, 5.74) is 0. The Balaban J connectivity index is -0.0000000800. The molecule has 0 bridgehead atoms. The molecule has 0 N–H and O–H groups in total. The molecule has 0 fully saturated rings. The van der Waals surface area contributed by atoms with Crippen LogP contribution in [-0.4, -0.2) is 6.29 Å². The van der Waals surface area contributed by atoms with Crippen molar-refractivity contribution in [3.63, 3.8) is 0 Å². The Kier molecular flexibility index (Phi) is 22.2. The van der Waals surface area contributed by atoms with Crippen molar-refractivity contribution in [1.82, 2.24) is 0 Å². The van der Waals surface area contributed by atoms with E-state index >= 15 is 0 Å². The normalized spacial score (nSPS) is 6.14. The van der Waals surface area contributed by atoms with Gasteiger partial charge in [-0.2, -0.15) is 0 Å². The van der Waals surface area contributed by atoms with Gasteiger partial charge in [0.15, 0.2) is 0 Å². The first-order chi connectivity index (χ1) is 2.27. The average molecular weight is 175 g/mol. The summed E-state index contributed by atoms with van der Waals surface area (Å²) in [7, 11) is 0. The van der Waals surface area contributed by atoms with Gasteiger partial charge in [-0.3, -0.25) is 6.29 Å². The van der Waals surface area contributed by atoms with E-state index in [2.05, 4.69) is 0 Å². The Labute approximate surface area is 70.8 Å². The van der Waals surface area contributed by atoms with E-state index in [1.807, 2.05) is 0 Å². The molecule has 0 saturated heterocycles. The van der Waals surface area contributed by atoms with Crippen LogP contribution in [0.3, 0.4) is 0 Å². The third-order valence-corrected chi connectivity index (χ3v) is 0.236. The Hall–Kier alpha value is 0.774. The molecule has 0 rings (SSSR count). The summed E-state index contributed by atoms with van der Waals surface area (Å²) in [6.07, 6.45) is 1.78. The minimum Gasteiger partial charge on any atom is -0.542 e. The van der Waals surface area contributed by atoms with Crippen molar-refractivity contribution in [2.45, 2.75) is 13.8 Å². The van der Waals surface area contributed by atoms with Crippen LogP contribution in [0.25, 0.3) is 0 Å². The summed E-state index contributed by atoms with van der Waals surface area (Å²) in [5.74, 6) is 0.0787. The smallest absolute Gasteiger partial charge is 0 e. The molecule has 2 heteroatoms. The van der Waals surface area contributed by atoms with Gasteiger partial charge in [-0.15, -0.1) is 5.92 Å². The second-order valence-electron chi connectivity index (χ2n) is 1.27. The SMILES string of the molecule is CC(C)[C-]=O.[CH3-].[Y]. The van der Waals surface area contributed by atoms with Crippen LogP contribution >= 0.6 is 0 Å². The quantitative estimate of drug-likeness (QED) is 0.547. The van der Waals surface area contributed by atoms with Gasteiger partial charge in [0.2, 0.25) is 0 Å². The Bertz CT molecular complexity index is 35.1. The summed E-state index contributed by atoms with van der Waals surface area (Å²) in [6, 6.07) is 0. The van der Waals surface area contributed by atoms with Crippen molar-refractivity contribution < 1.29 is 37.5 Å². The number of rotatable bonds is 1. The van der Waals surface area contributed by atoms with Crippen molar-refractivity contribution in [3.8, 4) is 0 Å². The zero-order valence-corrected chi connectivity index (χ0v) is 7.90. The summed E-state index contributed by atoms with van der Waals surface area (Å²) >= 11 is 0. The van der Waals surface area contributed by atoms with E-state index in [-0.39, 0.29) is 46.1 Å². The molecule has 0 aliphatic carbocycles. The first-order valence-corrected chi connectivity index (χ1v) is 1.65. The topological polar surface area (TPSA) is 17.1 Å². The zero-order valence-electron chi connectivity index (χ0n) is 5.06. The molecule has 0 unspecified atom stereocenters. The molecule has 0 aliphatic rings. The van der Waals surface area contributed by atoms with Gasteiger partial charge in [-0.05, 0) is 0 Å². The summed E-state index contributed by atoms with van der Waals surface area (Å²) in [6.45, 7) is 3.60. The van der Waals surface area contributed by atoms with Crippen LogP contribution in [0.15, 0.2) is 0 Å². The second-order valence-corrected chi connectivity index (χ2v) is 1.27. The third-order valence-electron chi connectivity index (χ3n) is 0.236. The maximum absolute atomic E-state index is 9.38. The van der Waals surface area contributed by atoms with Gasteiger partial charge in [0.05, 0.1) is 0 Å². The van der Waals surface area contributed by atoms with E-state index in [4.69, 9.17) is 0 Å². The molecular weight excluding hydrogens is 165 g/mol. The van der Waals surface area contributed by atoms with Gasteiger partial charge < -0.3 is 12.2 Å². The summed E-state index contributed by atoms with van der Waals surface area (Å²) in [4.78, 5) is 9.38. The van der Waals surface area contributed by atoms with Crippen LogP contribution < -0.4 is 0 Å². The molecular formula is C5H10OY-2. The van der Waals surface area contributed by atoms with Crippen LogP contribution in [0.4, 0.5) is 0 Å². The molecule has 1 radical (unpaired) electrons. The van der Waals surface area contributed by atoms with Crippen molar-refractivity contribution in [2.75, 3.05) is 0 Å². The van der Waals surface area contributed by atoms with Gasteiger partial charge in [-0.1, -0.05) is 13.8 Å². The standard InChI is InChI=1S/C4H7O.CH3.Y/c1-4(2)3-5;;/h4H,1-2H3;1H3;/q2*-1;. The van der Waals surface area contributed by atoms with Gasteiger partial charge in [0.1, 0.15) is 0 Å². The van der Waals surface area contributed by atoms with Gasteiger partial charge in [0, 0.05) is 32.7 Å².